The zero-order chi connectivity index (χ0) is 8.97. The highest BCUT2D eigenvalue weighted by molar-refractivity contribution is 7.99. The van der Waals surface area contributed by atoms with Crippen LogP contribution in [0.3, 0.4) is 0 Å². The van der Waals surface area contributed by atoms with Gasteiger partial charge in [-0.15, -0.1) is 11.8 Å². The molecule has 0 spiro atoms. The Labute approximate surface area is 76.8 Å². The number of aromatic hydroxyl groups is 1. The van der Waals surface area contributed by atoms with Gasteiger partial charge in [0.1, 0.15) is 5.75 Å². The molecule has 0 atom stereocenters. The van der Waals surface area contributed by atoms with Crippen molar-refractivity contribution in [2.45, 2.75) is 18.4 Å². The van der Waals surface area contributed by atoms with Crippen molar-refractivity contribution in [3.05, 3.63) is 23.8 Å². The number of benzene rings is 1. The van der Waals surface area contributed by atoms with E-state index in [0.717, 1.165) is 16.2 Å². The van der Waals surface area contributed by atoms with E-state index in [4.69, 9.17) is 5.73 Å². The van der Waals surface area contributed by atoms with Gasteiger partial charge in [-0.3, -0.25) is 0 Å². The molecule has 0 amide bonds. The van der Waals surface area contributed by atoms with Crippen LogP contribution in [0.2, 0.25) is 0 Å². The van der Waals surface area contributed by atoms with Gasteiger partial charge >= 0.3 is 0 Å². The van der Waals surface area contributed by atoms with E-state index < -0.39 is 0 Å². The molecule has 0 saturated carbocycles. The summed E-state index contributed by atoms with van der Waals surface area (Å²) < 4.78 is 0. The maximum atomic E-state index is 9.62. The molecule has 0 heterocycles. The predicted octanol–water partition coefficient (Wildman–Crippen LogP) is 1.96. The Kier molecular flexibility index (Phi) is 3.44. The van der Waals surface area contributed by atoms with Gasteiger partial charge in [-0.2, -0.15) is 0 Å². The van der Waals surface area contributed by atoms with Gasteiger partial charge in [0.05, 0.1) is 0 Å². The van der Waals surface area contributed by atoms with Crippen molar-refractivity contribution in [1.82, 2.24) is 0 Å². The molecule has 0 aliphatic heterocycles. The van der Waals surface area contributed by atoms with Gasteiger partial charge in [-0.05, 0) is 11.8 Å². The SMILES string of the molecule is CCSc1cccc(CN)c1O. The molecule has 0 fully saturated rings. The summed E-state index contributed by atoms with van der Waals surface area (Å²) in [6.45, 7) is 2.45. The van der Waals surface area contributed by atoms with Gasteiger partial charge in [0.2, 0.25) is 0 Å². The van der Waals surface area contributed by atoms with Crippen molar-refractivity contribution in [2.24, 2.45) is 5.73 Å². The number of hydrogen-bond donors (Lipinski definition) is 2. The van der Waals surface area contributed by atoms with Crippen LogP contribution in [0.15, 0.2) is 23.1 Å². The lowest BCUT2D eigenvalue weighted by molar-refractivity contribution is 0.455. The molecule has 1 aromatic carbocycles. The third kappa shape index (κ3) is 1.93. The van der Waals surface area contributed by atoms with Gasteiger partial charge < -0.3 is 10.8 Å². The Morgan fingerprint density at radius 1 is 1.50 bits per heavy atom. The minimum atomic E-state index is 0.340. The van der Waals surface area contributed by atoms with E-state index >= 15 is 0 Å². The zero-order valence-corrected chi connectivity index (χ0v) is 7.90. The monoisotopic (exact) mass is 183 g/mol. The Bertz CT molecular complexity index is 263. The van der Waals surface area contributed by atoms with Gasteiger partial charge in [0.25, 0.3) is 0 Å². The van der Waals surface area contributed by atoms with Crippen LogP contribution in [0.4, 0.5) is 0 Å². The van der Waals surface area contributed by atoms with E-state index in [1.54, 1.807) is 11.8 Å². The number of hydrogen-bond acceptors (Lipinski definition) is 3. The Morgan fingerprint density at radius 2 is 2.25 bits per heavy atom. The second-order valence-corrected chi connectivity index (χ2v) is 3.71. The van der Waals surface area contributed by atoms with Crippen LogP contribution in [0, 0.1) is 0 Å². The van der Waals surface area contributed by atoms with Gasteiger partial charge in [-0.25, -0.2) is 0 Å². The van der Waals surface area contributed by atoms with E-state index in [1.165, 1.54) is 0 Å². The second-order valence-electron chi connectivity index (χ2n) is 2.40. The van der Waals surface area contributed by atoms with Crippen molar-refractivity contribution in [1.29, 1.82) is 0 Å². The van der Waals surface area contributed by atoms with E-state index in [-0.39, 0.29) is 0 Å². The lowest BCUT2D eigenvalue weighted by Crippen LogP contribution is -1.96. The highest BCUT2D eigenvalue weighted by atomic mass is 32.2. The molecule has 0 aromatic heterocycles. The molecule has 3 N–H and O–H groups in total. The number of rotatable bonds is 3. The molecule has 3 heteroatoms. The molecule has 0 aliphatic rings. The van der Waals surface area contributed by atoms with Crippen molar-refractivity contribution >= 4 is 11.8 Å². The van der Waals surface area contributed by atoms with Crippen molar-refractivity contribution in [3.8, 4) is 5.75 Å². The fourth-order valence-corrected chi connectivity index (χ4v) is 1.76. The predicted molar refractivity (Wildman–Crippen MR) is 52.4 cm³/mol. The summed E-state index contributed by atoms with van der Waals surface area (Å²) in [4.78, 5) is 0.917. The first kappa shape index (κ1) is 9.42. The Balaban J connectivity index is 2.97. The largest absolute Gasteiger partial charge is 0.506 e. The summed E-state index contributed by atoms with van der Waals surface area (Å²) >= 11 is 1.63. The summed E-state index contributed by atoms with van der Waals surface area (Å²) in [5.74, 6) is 1.30. The van der Waals surface area contributed by atoms with Crippen molar-refractivity contribution in [3.63, 3.8) is 0 Å². The fraction of sp³-hybridized carbons (Fsp3) is 0.333. The number of thioether (sulfide) groups is 1. The van der Waals surface area contributed by atoms with Crippen LogP contribution in [-0.2, 0) is 6.54 Å². The van der Waals surface area contributed by atoms with Gasteiger partial charge in [0, 0.05) is 17.0 Å². The van der Waals surface area contributed by atoms with Gasteiger partial charge in [0.15, 0.2) is 0 Å². The Hall–Kier alpha value is -0.670. The highest BCUT2D eigenvalue weighted by Crippen LogP contribution is 2.30. The minimum absolute atomic E-state index is 0.340. The van der Waals surface area contributed by atoms with Crippen LogP contribution in [0.25, 0.3) is 0 Å². The quantitative estimate of drug-likeness (QED) is 0.704. The summed E-state index contributed by atoms with van der Waals surface area (Å²) in [5.41, 5.74) is 6.26. The normalized spacial score (nSPS) is 10.2. The van der Waals surface area contributed by atoms with Crippen LogP contribution < -0.4 is 5.73 Å². The summed E-state index contributed by atoms with van der Waals surface area (Å²) in [6.07, 6.45) is 0. The molecule has 0 aliphatic carbocycles. The molecule has 0 unspecified atom stereocenters. The summed E-state index contributed by atoms with van der Waals surface area (Å²) in [5, 5.41) is 9.62. The molecule has 1 aromatic rings. The second kappa shape index (κ2) is 4.38. The third-order valence-electron chi connectivity index (χ3n) is 1.60. The van der Waals surface area contributed by atoms with Gasteiger partial charge in [-0.1, -0.05) is 19.1 Å². The van der Waals surface area contributed by atoms with E-state index in [2.05, 4.69) is 6.92 Å². The topological polar surface area (TPSA) is 46.2 Å². The molecule has 1 rings (SSSR count). The first-order chi connectivity index (χ1) is 5.79. The molecule has 0 radical (unpaired) electrons. The zero-order valence-electron chi connectivity index (χ0n) is 7.08. The molecule has 12 heavy (non-hydrogen) atoms. The molecule has 0 saturated heterocycles. The first-order valence-corrected chi connectivity index (χ1v) is 4.91. The summed E-state index contributed by atoms with van der Waals surface area (Å²) in [6, 6.07) is 5.66. The first-order valence-electron chi connectivity index (χ1n) is 3.93. The molecule has 0 bridgehead atoms. The van der Waals surface area contributed by atoms with Crippen molar-refractivity contribution < 1.29 is 5.11 Å². The van der Waals surface area contributed by atoms with E-state index in [0.29, 0.717) is 12.3 Å². The van der Waals surface area contributed by atoms with E-state index in [1.807, 2.05) is 18.2 Å². The van der Waals surface area contributed by atoms with Crippen LogP contribution in [0.1, 0.15) is 12.5 Å². The van der Waals surface area contributed by atoms with Crippen molar-refractivity contribution in [2.75, 3.05) is 5.75 Å². The average Bonchev–Trinajstić information content (AvgIpc) is 2.09. The standard InChI is InChI=1S/C9H13NOS/c1-2-12-8-5-3-4-7(6-10)9(8)11/h3-5,11H,2,6,10H2,1H3. The smallest absolute Gasteiger partial charge is 0.133 e. The van der Waals surface area contributed by atoms with Crippen LogP contribution in [-0.4, -0.2) is 10.9 Å². The average molecular weight is 183 g/mol. The number of phenols is 1. The fourth-order valence-electron chi connectivity index (χ4n) is 1.00. The minimum Gasteiger partial charge on any atom is -0.506 e. The maximum Gasteiger partial charge on any atom is 0.133 e. The maximum absolute atomic E-state index is 9.62. The van der Waals surface area contributed by atoms with E-state index in [9.17, 15) is 5.11 Å². The number of phenolic OH excluding ortho intramolecular Hbond substituents is 1. The lowest BCUT2D eigenvalue weighted by atomic mass is 10.2. The molecule has 2 nitrogen and oxygen atoms in total. The molecule has 66 valence electrons. The molecular weight excluding hydrogens is 170 g/mol. The van der Waals surface area contributed by atoms with Crippen LogP contribution >= 0.6 is 11.8 Å². The third-order valence-corrected chi connectivity index (χ3v) is 2.53. The Morgan fingerprint density at radius 3 is 2.83 bits per heavy atom. The number of para-hydroxylation sites is 1. The molecular formula is C9H13NOS. The lowest BCUT2D eigenvalue weighted by Gasteiger charge is -2.05. The summed E-state index contributed by atoms with van der Waals surface area (Å²) in [7, 11) is 0. The highest BCUT2D eigenvalue weighted by Gasteiger charge is 2.04. The number of nitrogens with two attached hydrogens (primary N) is 1. The van der Waals surface area contributed by atoms with Crippen LogP contribution in [0.5, 0.6) is 5.75 Å².